The SMILES string of the molecule is C.CC(C)N1CCN(c2ccc3ncc(-c4ccn(C)c4)nc3c2)c2cc(O)cc(O)c2C1.COc1cc(O)c2c(c1)N(c1ccc3ncc(C4C=C[N+](C)=C4)nc3c1)CCN(C(C)C)C2.COc1cc(O)cc2c1CN(C(C)C)CCN2c1ccc2ncc(-c3ccn(C)c3)nc2c1. The third-order valence-corrected chi connectivity index (χ3v) is 19.0. The van der Waals surface area contributed by atoms with Crippen molar-refractivity contribution in [1.82, 2.24) is 53.7 Å². The summed E-state index contributed by atoms with van der Waals surface area (Å²) in [6.45, 7) is 20.1. The first-order chi connectivity index (χ1) is 47.2. The van der Waals surface area contributed by atoms with E-state index in [1.165, 1.54) is 6.07 Å². The number of ether oxygens (including phenoxy) is 2. The predicted octanol–water partition coefficient (Wildman–Crippen LogP) is 13.8. The summed E-state index contributed by atoms with van der Waals surface area (Å²) < 4.78 is 17.2. The summed E-state index contributed by atoms with van der Waals surface area (Å²) in [7, 11) is 9.28. The van der Waals surface area contributed by atoms with Gasteiger partial charge in [-0.15, -0.1) is 0 Å². The smallest absolute Gasteiger partial charge is 0.165 e. The van der Waals surface area contributed by atoms with E-state index in [2.05, 4.69) is 122 Å². The van der Waals surface area contributed by atoms with E-state index in [-0.39, 0.29) is 36.3 Å². The van der Waals surface area contributed by atoms with E-state index in [9.17, 15) is 20.4 Å². The highest BCUT2D eigenvalue weighted by Gasteiger charge is 2.30. The third-order valence-electron chi connectivity index (χ3n) is 19.0. The number of anilines is 6. The molecule has 0 bridgehead atoms. The molecule has 5 aromatic heterocycles. The molecule has 0 radical (unpaired) electrons. The molecule has 0 spiro atoms. The van der Waals surface area contributed by atoms with E-state index in [0.717, 1.165) is 158 Å². The Balaban J connectivity index is 0.000000140. The Hall–Kier alpha value is -10.6. The molecule has 0 fully saturated rings. The minimum absolute atomic E-state index is 0. The van der Waals surface area contributed by atoms with Crippen LogP contribution < -0.4 is 24.2 Å². The number of nitrogens with zero attached hydrogens (tertiary/aromatic N) is 15. The highest BCUT2D eigenvalue weighted by atomic mass is 16.5. The summed E-state index contributed by atoms with van der Waals surface area (Å²) in [5.74, 6) is 2.10. The zero-order valence-electron chi connectivity index (χ0n) is 57.6. The summed E-state index contributed by atoms with van der Waals surface area (Å²) in [5, 5.41) is 42.1. The number of fused-ring (bicyclic) bond motifs is 6. The van der Waals surface area contributed by atoms with Gasteiger partial charge < -0.3 is 53.7 Å². The average molecular weight is 1330 g/mol. The lowest BCUT2D eigenvalue weighted by atomic mass is 10.1. The Bertz CT molecular complexity index is 4830. The first-order valence-corrected chi connectivity index (χ1v) is 33.4. The molecule has 0 amide bonds. The Kier molecular flexibility index (Phi) is 19.9. The molecule has 512 valence electrons. The van der Waals surface area contributed by atoms with E-state index < -0.39 is 0 Å². The molecular formula is C78H90N15O6+. The molecule has 21 heteroatoms. The Morgan fingerprint density at radius 3 is 1.34 bits per heavy atom. The molecule has 4 aliphatic rings. The topological polar surface area (TPSA) is 209 Å². The average Bonchev–Trinajstić information content (AvgIpc) is 1.77. The number of aromatic nitrogens is 8. The molecule has 15 rings (SSSR count). The van der Waals surface area contributed by atoms with Gasteiger partial charge in [-0.05, 0) is 114 Å². The van der Waals surface area contributed by atoms with Crippen molar-refractivity contribution in [2.24, 2.45) is 14.1 Å². The fourth-order valence-electron chi connectivity index (χ4n) is 13.4. The van der Waals surface area contributed by atoms with E-state index in [4.69, 9.17) is 24.4 Å². The molecule has 0 saturated heterocycles. The van der Waals surface area contributed by atoms with Crippen LogP contribution in [-0.4, -0.2) is 164 Å². The highest BCUT2D eigenvalue weighted by molar-refractivity contribution is 5.86. The van der Waals surface area contributed by atoms with E-state index in [1.54, 1.807) is 38.6 Å². The molecule has 4 N–H and O–H groups in total. The van der Waals surface area contributed by atoms with Crippen molar-refractivity contribution >= 4 is 73.4 Å². The monoisotopic (exact) mass is 1330 g/mol. The lowest BCUT2D eigenvalue weighted by Gasteiger charge is -2.26. The molecule has 4 aliphatic heterocycles. The maximum absolute atomic E-state index is 10.8. The van der Waals surface area contributed by atoms with Gasteiger partial charge in [0, 0.05) is 197 Å². The number of methoxy groups -OCH3 is 2. The van der Waals surface area contributed by atoms with Crippen molar-refractivity contribution in [3.05, 3.63) is 181 Å². The Labute approximate surface area is 579 Å². The minimum atomic E-state index is 0. The van der Waals surface area contributed by atoms with Crippen LogP contribution in [0.15, 0.2) is 159 Å². The zero-order valence-corrected chi connectivity index (χ0v) is 57.6. The number of phenols is 4. The number of allylic oxidation sites excluding steroid dienone is 1. The highest BCUT2D eigenvalue weighted by Crippen LogP contribution is 2.44. The van der Waals surface area contributed by atoms with Crippen LogP contribution in [0.1, 0.15) is 77.3 Å². The summed E-state index contributed by atoms with van der Waals surface area (Å²) in [5.41, 5.74) is 18.3. The number of aromatic hydroxyl groups is 4. The van der Waals surface area contributed by atoms with Crippen LogP contribution in [0.2, 0.25) is 0 Å². The molecular weight excluding hydrogens is 1240 g/mol. The van der Waals surface area contributed by atoms with Gasteiger partial charge in [0.25, 0.3) is 0 Å². The second-order valence-electron chi connectivity index (χ2n) is 26.5. The molecule has 99 heavy (non-hydrogen) atoms. The molecule has 21 nitrogen and oxygen atoms in total. The summed E-state index contributed by atoms with van der Waals surface area (Å²) in [6.07, 6.45) is 19.8. The number of aryl methyl sites for hydroxylation is 2. The number of hydrogen-bond donors (Lipinski definition) is 4. The fourth-order valence-corrected chi connectivity index (χ4v) is 13.4. The number of hydrogen-bond acceptors (Lipinski definition) is 18. The number of benzene rings is 6. The van der Waals surface area contributed by atoms with E-state index in [1.807, 2.05) is 133 Å². The minimum Gasteiger partial charge on any atom is -0.508 e. The van der Waals surface area contributed by atoms with Gasteiger partial charge in [0.1, 0.15) is 47.5 Å². The van der Waals surface area contributed by atoms with Crippen molar-refractivity contribution in [2.45, 2.75) is 92.6 Å². The maximum atomic E-state index is 10.8. The van der Waals surface area contributed by atoms with Crippen molar-refractivity contribution < 1.29 is 34.5 Å². The van der Waals surface area contributed by atoms with Gasteiger partial charge in [-0.3, -0.25) is 29.7 Å². The van der Waals surface area contributed by atoms with Gasteiger partial charge in [0.05, 0.1) is 100 Å². The van der Waals surface area contributed by atoms with Crippen LogP contribution in [-0.2, 0) is 33.7 Å². The van der Waals surface area contributed by atoms with Gasteiger partial charge >= 0.3 is 0 Å². The van der Waals surface area contributed by atoms with Crippen LogP contribution in [0, 0.1) is 0 Å². The van der Waals surface area contributed by atoms with E-state index >= 15 is 0 Å². The second kappa shape index (κ2) is 28.8. The first kappa shape index (κ1) is 68.3. The fraction of sp³-hybridized carbons (Fsp3) is 0.321. The Morgan fingerprint density at radius 1 is 0.475 bits per heavy atom. The van der Waals surface area contributed by atoms with Crippen molar-refractivity contribution in [3.8, 4) is 57.0 Å². The van der Waals surface area contributed by atoms with Crippen LogP contribution in [0.3, 0.4) is 0 Å². The standard InChI is InChI=1S/2C26H29N5O2.C25H27N5O2.CH4/c1-17(2)30-9-10-31(25-12-20(33-4)13-26(32)21(25)16-30)19-5-6-22-23(11-19)28-24(14-27-22)18-7-8-29(3)15-18;1-17(2)30-9-10-31(25-12-20(32)13-26(33-4)21(25)16-30)19-5-6-22-23(11-19)28-24(14-27-22)18-7-8-29(3)15-18;1-16(2)29-8-9-30(24-11-19(31)12-25(32)20(24)15-29)18-4-5-21-22(10-18)27-23(13-26-21)17-6-7-28(3)14-17;/h5-8,11-15,17-18H,9-10,16H2,1-4H3;5-8,11-15,17,32H,9-10,16H2,1-4H3;4-7,10-14,16,31-32H,8-9,15H2,1-3H3;1H4/p+1. The Morgan fingerprint density at radius 2 is 0.909 bits per heavy atom. The summed E-state index contributed by atoms with van der Waals surface area (Å²) in [6, 6.07) is 33.9. The van der Waals surface area contributed by atoms with E-state index in [0.29, 0.717) is 42.7 Å². The van der Waals surface area contributed by atoms with Gasteiger partial charge in [-0.25, -0.2) is 19.5 Å². The quantitative estimate of drug-likeness (QED) is 0.0888. The van der Waals surface area contributed by atoms with Crippen LogP contribution in [0.25, 0.3) is 55.6 Å². The molecule has 11 aromatic rings. The van der Waals surface area contributed by atoms with Crippen molar-refractivity contribution in [2.75, 3.05) is 75.2 Å². The van der Waals surface area contributed by atoms with Gasteiger partial charge in [-0.1, -0.05) is 7.43 Å². The molecule has 1 unspecified atom stereocenters. The number of phenolic OH excluding ortho intramolecular Hbond substituents is 4. The van der Waals surface area contributed by atoms with Crippen LogP contribution >= 0.6 is 0 Å². The van der Waals surface area contributed by atoms with Gasteiger partial charge in [0.15, 0.2) is 12.4 Å². The summed E-state index contributed by atoms with van der Waals surface area (Å²) in [4.78, 5) is 42.4. The normalized spacial score (nSPS) is 15.8. The van der Waals surface area contributed by atoms with Crippen LogP contribution in [0.5, 0.6) is 34.5 Å². The first-order valence-electron chi connectivity index (χ1n) is 33.4. The largest absolute Gasteiger partial charge is 0.508 e. The van der Waals surface area contributed by atoms with Crippen LogP contribution in [0.4, 0.5) is 34.1 Å². The summed E-state index contributed by atoms with van der Waals surface area (Å²) >= 11 is 0. The van der Waals surface area contributed by atoms with Crippen molar-refractivity contribution in [3.63, 3.8) is 0 Å². The molecule has 1 atom stereocenters. The maximum Gasteiger partial charge on any atom is 0.165 e. The van der Waals surface area contributed by atoms with Gasteiger partial charge in [-0.2, -0.15) is 0 Å². The number of rotatable bonds is 11. The molecule has 6 aromatic carbocycles. The lowest BCUT2D eigenvalue weighted by molar-refractivity contribution is -0.414. The second-order valence-corrected chi connectivity index (χ2v) is 26.5. The van der Waals surface area contributed by atoms with Gasteiger partial charge in [0.2, 0.25) is 0 Å². The molecule has 0 saturated carbocycles. The zero-order chi connectivity index (χ0) is 68.6. The predicted molar refractivity (Wildman–Crippen MR) is 395 cm³/mol. The molecule has 0 aliphatic carbocycles. The van der Waals surface area contributed by atoms with Crippen molar-refractivity contribution in [1.29, 1.82) is 0 Å². The lowest BCUT2D eigenvalue weighted by Crippen LogP contribution is -2.34. The molecule has 9 heterocycles. The third kappa shape index (κ3) is 14.5.